The summed E-state index contributed by atoms with van der Waals surface area (Å²) in [5.74, 6) is 1.08. The van der Waals surface area contributed by atoms with E-state index in [1.165, 1.54) is 0 Å². The topological polar surface area (TPSA) is 82.6 Å². The van der Waals surface area contributed by atoms with Gasteiger partial charge in [0.05, 0.1) is 13.2 Å². The van der Waals surface area contributed by atoms with E-state index in [1.54, 1.807) is 6.92 Å². The van der Waals surface area contributed by atoms with Crippen molar-refractivity contribution in [1.29, 1.82) is 0 Å². The second kappa shape index (κ2) is 6.49. The molecule has 0 saturated carbocycles. The first-order valence-corrected chi connectivity index (χ1v) is 4.99. The smallest absolute Gasteiger partial charge is 0.230 e. The molecule has 0 aromatic carbocycles. The third-order valence-electron chi connectivity index (χ3n) is 1.98. The van der Waals surface area contributed by atoms with Gasteiger partial charge in [-0.1, -0.05) is 0 Å². The van der Waals surface area contributed by atoms with Crippen LogP contribution in [0.15, 0.2) is 4.42 Å². The Hall–Kier alpha value is -0.980. The second-order valence-corrected chi connectivity index (χ2v) is 3.29. The normalized spacial score (nSPS) is 11.2. The van der Waals surface area contributed by atoms with Crippen molar-refractivity contribution in [2.75, 3.05) is 26.3 Å². The van der Waals surface area contributed by atoms with Gasteiger partial charge in [-0.25, -0.2) is 0 Å². The van der Waals surface area contributed by atoms with E-state index in [2.05, 4.69) is 10.2 Å². The lowest BCUT2D eigenvalue weighted by molar-refractivity contribution is 0.163. The van der Waals surface area contributed by atoms with Crippen LogP contribution >= 0.6 is 0 Å². The summed E-state index contributed by atoms with van der Waals surface area (Å²) >= 11 is 0. The molecule has 0 saturated heterocycles. The highest BCUT2D eigenvalue weighted by Gasteiger charge is 2.09. The van der Waals surface area contributed by atoms with Crippen LogP contribution in [0.25, 0.3) is 0 Å². The average Bonchev–Trinajstić information content (AvgIpc) is 2.61. The van der Waals surface area contributed by atoms with E-state index in [0.717, 1.165) is 0 Å². The summed E-state index contributed by atoms with van der Waals surface area (Å²) in [6.07, 6.45) is 0.674. The molecule has 0 aliphatic rings. The van der Waals surface area contributed by atoms with E-state index in [9.17, 15) is 0 Å². The molecule has 0 aliphatic carbocycles. The van der Waals surface area contributed by atoms with Gasteiger partial charge in [0.25, 0.3) is 0 Å². The lowest BCUT2D eigenvalue weighted by Crippen LogP contribution is -2.28. The standard InChI is InChI=1S/C9H17N3O3/c1-8-10-11-9(15-8)7-12(4-6-14)3-2-5-13/h13-14H,2-7H2,1H3. The van der Waals surface area contributed by atoms with Crippen molar-refractivity contribution in [3.05, 3.63) is 11.8 Å². The minimum atomic E-state index is 0.0819. The van der Waals surface area contributed by atoms with Crippen LogP contribution in [0.1, 0.15) is 18.2 Å². The fraction of sp³-hybridized carbons (Fsp3) is 0.778. The Balaban J connectivity index is 2.42. The van der Waals surface area contributed by atoms with Crippen LogP contribution in [0.5, 0.6) is 0 Å². The summed E-state index contributed by atoms with van der Waals surface area (Å²) in [4.78, 5) is 1.96. The van der Waals surface area contributed by atoms with Gasteiger partial charge >= 0.3 is 0 Å². The molecule has 0 amide bonds. The average molecular weight is 215 g/mol. The van der Waals surface area contributed by atoms with Crippen LogP contribution in [0.3, 0.4) is 0 Å². The molecule has 0 spiro atoms. The Labute approximate surface area is 88.5 Å². The maximum absolute atomic E-state index is 8.85. The first-order chi connectivity index (χ1) is 7.26. The van der Waals surface area contributed by atoms with Gasteiger partial charge in [0.15, 0.2) is 0 Å². The third-order valence-corrected chi connectivity index (χ3v) is 1.98. The first-order valence-electron chi connectivity index (χ1n) is 4.99. The number of nitrogens with zero attached hydrogens (tertiary/aromatic N) is 3. The van der Waals surface area contributed by atoms with Crippen molar-refractivity contribution in [3.8, 4) is 0 Å². The Kier molecular flexibility index (Phi) is 5.23. The lowest BCUT2D eigenvalue weighted by Gasteiger charge is -2.18. The van der Waals surface area contributed by atoms with E-state index < -0.39 is 0 Å². The van der Waals surface area contributed by atoms with Crippen molar-refractivity contribution >= 4 is 0 Å². The molecule has 0 unspecified atom stereocenters. The minimum Gasteiger partial charge on any atom is -0.424 e. The number of aryl methyl sites for hydroxylation is 1. The Morgan fingerprint density at radius 2 is 2.00 bits per heavy atom. The summed E-state index contributed by atoms with van der Waals surface area (Å²) < 4.78 is 5.23. The first kappa shape index (κ1) is 12.1. The maximum Gasteiger partial charge on any atom is 0.230 e. The van der Waals surface area contributed by atoms with Gasteiger partial charge in [0.2, 0.25) is 11.8 Å². The van der Waals surface area contributed by atoms with E-state index in [1.807, 2.05) is 4.90 Å². The number of hydrogen-bond acceptors (Lipinski definition) is 6. The van der Waals surface area contributed by atoms with Crippen LogP contribution in [0, 0.1) is 6.92 Å². The minimum absolute atomic E-state index is 0.0819. The number of rotatable bonds is 7. The molecule has 15 heavy (non-hydrogen) atoms. The highest BCUT2D eigenvalue weighted by atomic mass is 16.4. The number of aliphatic hydroxyl groups excluding tert-OH is 2. The molecule has 1 aromatic heterocycles. The summed E-state index contributed by atoms with van der Waals surface area (Å²) in [5, 5.41) is 25.2. The molecule has 1 rings (SSSR count). The number of hydrogen-bond donors (Lipinski definition) is 2. The van der Waals surface area contributed by atoms with Gasteiger partial charge < -0.3 is 14.6 Å². The molecule has 0 radical (unpaired) electrons. The molecule has 2 N–H and O–H groups in total. The van der Waals surface area contributed by atoms with Crippen molar-refractivity contribution < 1.29 is 14.6 Å². The van der Waals surface area contributed by atoms with E-state index in [4.69, 9.17) is 14.6 Å². The largest absolute Gasteiger partial charge is 0.424 e. The zero-order valence-electron chi connectivity index (χ0n) is 8.89. The van der Waals surface area contributed by atoms with Crippen LogP contribution in [0.2, 0.25) is 0 Å². The molecule has 1 heterocycles. The van der Waals surface area contributed by atoms with Crippen molar-refractivity contribution in [2.24, 2.45) is 0 Å². The van der Waals surface area contributed by atoms with Gasteiger partial charge in [-0.2, -0.15) is 0 Å². The summed E-state index contributed by atoms with van der Waals surface area (Å²) in [7, 11) is 0. The quantitative estimate of drug-likeness (QED) is 0.641. The lowest BCUT2D eigenvalue weighted by atomic mass is 10.4. The number of aromatic nitrogens is 2. The van der Waals surface area contributed by atoms with E-state index in [-0.39, 0.29) is 13.2 Å². The Morgan fingerprint density at radius 3 is 2.53 bits per heavy atom. The van der Waals surface area contributed by atoms with Crippen molar-refractivity contribution in [3.63, 3.8) is 0 Å². The highest BCUT2D eigenvalue weighted by molar-refractivity contribution is 4.79. The van der Waals surface area contributed by atoms with Crippen molar-refractivity contribution in [1.82, 2.24) is 15.1 Å². The highest BCUT2D eigenvalue weighted by Crippen LogP contribution is 2.03. The van der Waals surface area contributed by atoms with Crippen LogP contribution in [-0.2, 0) is 6.54 Å². The van der Waals surface area contributed by atoms with Crippen LogP contribution in [-0.4, -0.2) is 51.6 Å². The van der Waals surface area contributed by atoms with Crippen molar-refractivity contribution in [2.45, 2.75) is 19.9 Å². The van der Waals surface area contributed by atoms with Gasteiger partial charge in [-0.3, -0.25) is 4.90 Å². The summed E-state index contributed by atoms with van der Waals surface area (Å²) in [6, 6.07) is 0. The third kappa shape index (κ3) is 4.37. The molecular formula is C9H17N3O3. The molecule has 1 aromatic rings. The predicted octanol–water partition coefficient (Wildman–Crippen LogP) is -0.445. The molecule has 0 bridgehead atoms. The summed E-state index contributed by atoms with van der Waals surface area (Å²) in [6.45, 7) is 3.73. The molecular weight excluding hydrogens is 198 g/mol. The molecule has 0 atom stereocenters. The Morgan fingerprint density at radius 1 is 1.20 bits per heavy atom. The van der Waals surface area contributed by atoms with Gasteiger partial charge in [0, 0.05) is 26.6 Å². The fourth-order valence-corrected chi connectivity index (χ4v) is 1.30. The van der Waals surface area contributed by atoms with Gasteiger partial charge in [-0.15, -0.1) is 10.2 Å². The SMILES string of the molecule is Cc1nnc(CN(CCO)CCCO)o1. The van der Waals surface area contributed by atoms with Crippen LogP contribution < -0.4 is 0 Å². The van der Waals surface area contributed by atoms with E-state index in [0.29, 0.717) is 37.8 Å². The molecule has 6 heteroatoms. The number of aliphatic hydroxyl groups is 2. The summed E-state index contributed by atoms with van der Waals surface area (Å²) in [5.41, 5.74) is 0. The zero-order chi connectivity index (χ0) is 11.1. The van der Waals surface area contributed by atoms with Gasteiger partial charge in [-0.05, 0) is 6.42 Å². The molecule has 0 fully saturated rings. The monoisotopic (exact) mass is 215 g/mol. The molecule has 0 aliphatic heterocycles. The second-order valence-electron chi connectivity index (χ2n) is 3.29. The predicted molar refractivity (Wildman–Crippen MR) is 53.1 cm³/mol. The maximum atomic E-state index is 8.85. The van der Waals surface area contributed by atoms with Gasteiger partial charge in [0.1, 0.15) is 0 Å². The van der Waals surface area contributed by atoms with Crippen LogP contribution in [0.4, 0.5) is 0 Å². The molecule has 6 nitrogen and oxygen atoms in total. The Bertz CT molecular complexity index is 277. The fourth-order valence-electron chi connectivity index (χ4n) is 1.30. The van der Waals surface area contributed by atoms with E-state index >= 15 is 0 Å². The zero-order valence-corrected chi connectivity index (χ0v) is 8.89. The molecule has 86 valence electrons.